The maximum absolute atomic E-state index is 12.1. The summed E-state index contributed by atoms with van der Waals surface area (Å²) in [4.78, 5) is 28.6. The minimum atomic E-state index is -0.463. The second-order valence-electron chi connectivity index (χ2n) is 8.03. The van der Waals surface area contributed by atoms with Crippen molar-refractivity contribution in [2.24, 2.45) is 13.0 Å². The van der Waals surface area contributed by atoms with Crippen molar-refractivity contribution in [1.82, 2.24) is 29.6 Å². The zero-order chi connectivity index (χ0) is 21.8. The van der Waals surface area contributed by atoms with Crippen molar-refractivity contribution in [3.05, 3.63) is 36.3 Å². The fourth-order valence-corrected chi connectivity index (χ4v) is 4.87. The first-order chi connectivity index (χ1) is 14.9. The van der Waals surface area contributed by atoms with E-state index in [4.69, 9.17) is 21.3 Å². The van der Waals surface area contributed by atoms with Crippen molar-refractivity contribution in [3.8, 4) is 0 Å². The van der Waals surface area contributed by atoms with E-state index in [1.54, 1.807) is 29.1 Å². The van der Waals surface area contributed by atoms with Gasteiger partial charge in [-0.05, 0) is 6.08 Å². The van der Waals surface area contributed by atoms with Gasteiger partial charge in [0, 0.05) is 45.6 Å². The Morgan fingerprint density at radius 3 is 2.94 bits per heavy atom. The van der Waals surface area contributed by atoms with Gasteiger partial charge in [0.1, 0.15) is 17.1 Å². The average molecular weight is 443 g/mol. The van der Waals surface area contributed by atoms with E-state index in [2.05, 4.69) is 31.9 Å². The molecule has 3 aromatic heterocycles. The Labute approximate surface area is 183 Å². The number of nitrogens with zero attached hydrogens (tertiary/aromatic N) is 6. The van der Waals surface area contributed by atoms with Crippen LogP contribution in [0.3, 0.4) is 0 Å². The number of carbonyl (C=O) groups excluding carboxylic acids is 1. The monoisotopic (exact) mass is 442 g/mol. The molecular formula is C20H23ClN8O2. The second kappa shape index (κ2) is 7.24. The molecule has 5 heterocycles. The number of carbonyl (C=O) groups is 1. The summed E-state index contributed by atoms with van der Waals surface area (Å²) in [5.41, 5.74) is 0.972. The molecule has 0 aliphatic carbocycles. The molecule has 11 heteroatoms. The molecular weight excluding hydrogens is 420 g/mol. The van der Waals surface area contributed by atoms with Crippen LogP contribution in [0.25, 0.3) is 11.0 Å². The molecule has 2 unspecified atom stereocenters. The number of rotatable bonds is 5. The van der Waals surface area contributed by atoms with E-state index in [1.807, 2.05) is 13.2 Å². The molecule has 0 bridgehead atoms. The Morgan fingerprint density at radius 1 is 1.42 bits per heavy atom. The largest absolute Gasteiger partial charge is 0.374 e. The third-order valence-electron chi connectivity index (χ3n) is 6.16. The number of amides is 1. The Hall–Kier alpha value is -3.11. The molecule has 10 nitrogen and oxygen atoms in total. The molecule has 0 radical (unpaired) electrons. The standard InChI is InChI=1S/C20H23ClN8O2/c1-4-15(30)28-7-12-8-29(11-20(12,10-28)31-3)18-16-14(21)6-22-17(16)25-19(26-18)24-13-5-23-27(2)9-13/h4-6,9,12H,1,7-8,10-11H2,2-3H3,(H2,22,24,25,26). The van der Waals surface area contributed by atoms with Crippen LogP contribution < -0.4 is 10.2 Å². The molecule has 5 rings (SSSR count). The van der Waals surface area contributed by atoms with Gasteiger partial charge < -0.3 is 24.8 Å². The number of ether oxygens (including phenoxy) is 1. The molecule has 1 amide bonds. The van der Waals surface area contributed by atoms with Gasteiger partial charge in [-0.2, -0.15) is 15.1 Å². The number of aromatic amines is 1. The first-order valence-corrected chi connectivity index (χ1v) is 10.3. The lowest BCUT2D eigenvalue weighted by Crippen LogP contribution is -2.43. The summed E-state index contributed by atoms with van der Waals surface area (Å²) in [7, 11) is 3.55. The van der Waals surface area contributed by atoms with Crippen LogP contribution in [0.1, 0.15) is 0 Å². The number of methoxy groups -OCH3 is 1. The molecule has 2 atom stereocenters. The van der Waals surface area contributed by atoms with Crippen LogP contribution in [0, 0.1) is 5.92 Å². The minimum Gasteiger partial charge on any atom is -0.374 e. The lowest BCUT2D eigenvalue weighted by molar-refractivity contribution is -0.126. The number of fused-ring (bicyclic) bond motifs is 2. The molecule has 2 aliphatic rings. The topological polar surface area (TPSA) is 104 Å². The summed E-state index contributed by atoms with van der Waals surface area (Å²) in [6, 6.07) is 0. The Kier molecular flexibility index (Phi) is 4.63. The summed E-state index contributed by atoms with van der Waals surface area (Å²) < 4.78 is 7.67. The van der Waals surface area contributed by atoms with Crippen LogP contribution in [-0.4, -0.2) is 74.4 Å². The zero-order valence-electron chi connectivity index (χ0n) is 17.3. The smallest absolute Gasteiger partial charge is 0.246 e. The summed E-state index contributed by atoms with van der Waals surface area (Å²) >= 11 is 6.48. The quantitative estimate of drug-likeness (QED) is 0.582. The molecule has 162 valence electrons. The van der Waals surface area contributed by atoms with E-state index in [9.17, 15) is 4.79 Å². The van der Waals surface area contributed by atoms with E-state index in [0.717, 1.165) is 16.9 Å². The van der Waals surface area contributed by atoms with E-state index >= 15 is 0 Å². The van der Waals surface area contributed by atoms with Gasteiger partial charge in [0.15, 0.2) is 0 Å². The zero-order valence-corrected chi connectivity index (χ0v) is 18.1. The lowest BCUT2D eigenvalue weighted by atomic mass is 9.95. The Balaban J connectivity index is 1.49. The fourth-order valence-electron chi connectivity index (χ4n) is 4.64. The highest BCUT2D eigenvalue weighted by Gasteiger charge is 2.54. The van der Waals surface area contributed by atoms with Gasteiger partial charge in [0.2, 0.25) is 11.9 Å². The van der Waals surface area contributed by atoms with Crippen LogP contribution in [0.5, 0.6) is 0 Å². The van der Waals surface area contributed by atoms with Gasteiger partial charge in [-0.1, -0.05) is 18.2 Å². The van der Waals surface area contributed by atoms with Crippen molar-refractivity contribution in [2.75, 3.05) is 43.5 Å². The maximum Gasteiger partial charge on any atom is 0.246 e. The van der Waals surface area contributed by atoms with E-state index in [-0.39, 0.29) is 11.8 Å². The molecule has 2 saturated heterocycles. The van der Waals surface area contributed by atoms with Crippen LogP contribution in [0.15, 0.2) is 31.2 Å². The number of aromatic nitrogens is 5. The highest BCUT2D eigenvalue weighted by atomic mass is 35.5. The number of anilines is 3. The predicted octanol–water partition coefficient (Wildman–Crippen LogP) is 1.94. The molecule has 2 N–H and O–H groups in total. The van der Waals surface area contributed by atoms with Crippen molar-refractivity contribution < 1.29 is 9.53 Å². The number of aryl methyl sites for hydroxylation is 1. The molecule has 0 aromatic carbocycles. The number of nitrogens with one attached hydrogen (secondary N) is 2. The number of likely N-dealkylation sites (tertiary alicyclic amines) is 1. The van der Waals surface area contributed by atoms with Gasteiger partial charge in [-0.25, -0.2) is 0 Å². The van der Waals surface area contributed by atoms with Crippen molar-refractivity contribution in [1.29, 1.82) is 0 Å². The molecule has 0 saturated carbocycles. The summed E-state index contributed by atoms with van der Waals surface area (Å²) in [5, 5.41) is 8.70. The Morgan fingerprint density at radius 2 is 2.26 bits per heavy atom. The molecule has 2 aliphatic heterocycles. The first-order valence-electron chi connectivity index (χ1n) is 9.94. The number of hydrogen-bond donors (Lipinski definition) is 2. The summed E-state index contributed by atoms with van der Waals surface area (Å²) in [5.74, 6) is 1.26. The predicted molar refractivity (Wildman–Crippen MR) is 118 cm³/mol. The van der Waals surface area contributed by atoms with Crippen molar-refractivity contribution >= 4 is 46.0 Å². The molecule has 0 spiro atoms. The van der Waals surface area contributed by atoms with Crippen LogP contribution in [-0.2, 0) is 16.6 Å². The summed E-state index contributed by atoms with van der Waals surface area (Å²) in [6.07, 6.45) is 6.62. The Bertz CT molecular complexity index is 1170. The van der Waals surface area contributed by atoms with Gasteiger partial charge in [-0.15, -0.1) is 0 Å². The van der Waals surface area contributed by atoms with Crippen LogP contribution in [0.4, 0.5) is 17.5 Å². The number of halogens is 1. The van der Waals surface area contributed by atoms with Crippen molar-refractivity contribution in [3.63, 3.8) is 0 Å². The van der Waals surface area contributed by atoms with Gasteiger partial charge in [0.25, 0.3) is 0 Å². The molecule has 2 fully saturated rings. The summed E-state index contributed by atoms with van der Waals surface area (Å²) in [6.45, 7) is 6.02. The third kappa shape index (κ3) is 3.22. The van der Waals surface area contributed by atoms with Crippen LogP contribution in [0.2, 0.25) is 5.02 Å². The first kappa shape index (κ1) is 19.8. The number of hydrogen-bond acceptors (Lipinski definition) is 7. The van der Waals surface area contributed by atoms with Gasteiger partial charge >= 0.3 is 0 Å². The highest BCUT2D eigenvalue weighted by Crippen LogP contribution is 2.42. The minimum absolute atomic E-state index is 0.0709. The average Bonchev–Trinajstić information content (AvgIpc) is 3.50. The highest BCUT2D eigenvalue weighted by molar-refractivity contribution is 6.36. The molecule has 31 heavy (non-hydrogen) atoms. The third-order valence-corrected chi connectivity index (χ3v) is 6.46. The van der Waals surface area contributed by atoms with Crippen molar-refractivity contribution in [2.45, 2.75) is 5.60 Å². The van der Waals surface area contributed by atoms with Gasteiger partial charge in [-0.3, -0.25) is 9.48 Å². The van der Waals surface area contributed by atoms with E-state index in [0.29, 0.717) is 42.8 Å². The SMILES string of the molecule is C=CC(=O)N1CC2CN(c3nc(Nc4cnn(C)c4)nc4[nH]cc(Cl)c34)CC2(OC)C1. The van der Waals surface area contributed by atoms with E-state index < -0.39 is 5.60 Å². The second-order valence-corrected chi connectivity index (χ2v) is 8.44. The number of H-pyrrole nitrogens is 1. The molecule has 3 aromatic rings. The fraction of sp³-hybridized carbons (Fsp3) is 0.400. The van der Waals surface area contributed by atoms with Crippen LogP contribution >= 0.6 is 11.6 Å². The van der Waals surface area contributed by atoms with E-state index in [1.165, 1.54) is 6.08 Å². The van der Waals surface area contributed by atoms with Gasteiger partial charge in [0.05, 0.1) is 35.4 Å². The maximum atomic E-state index is 12.1. The normalized spacial score (nSPS) is 22.9. The lowest BCUT2D eigenvalue weighted by Gasteiger charge is -2.28.